The number of nitrogens with one attached hydrogen (secondary N) is 2. The topological polar surface area (TPSA) is 109 Å². The van der Waals surface area contributed by atoms with E-state index in [9.17, 15) is 4.79 Å². The van der Waals surface area contributed by atoms with Crippen molar-refractivity contribution in [1.82, 2.24) is 10.3 Å². The highest BCUT2D eigenvalue weighted by molar-refractivity contribution is 6.35. The number of H-pyrrole nitrogens is 1. The van der Waals surface area contributed by atoms with Gasteiger partial charge in [0.15, 0.2) is 5.96 Å². The van der Waals surface area contributed by atoms with Gasteiger partial charge in [-0.15, -0.1) is 24.8 Å². The molecule has 0 spiro atoms. The van der Waals surface area contributed by atoms with Crippen LogP contribution in [-0.4, -0.2) is 29.9 Å². The van der Waals surface area contributed by atoms with Gasteiger partial charge in [-0.25, -0.2) is 0 Å². The molecule has 6 nitrogen and oxygen atoms in total. The molecule has 2 aromatic rings. The van der Waals surface area contributed by atoms with E-state index >= 15 is 0 Å². The Labute approximate surface area is 145 Å². The highest BCUT2D eigenvalue weighted by Crippen LogP contribution is 2.23. The van der Waals surface area contributed by atoms with Gasteiger partial charge in [0, 0.05) is 22.5 Å². The van der Waals surface area contributed by atoms with E-state index < -0.39 is 0 Å². The molecule has 0 unspecified atom stereocenters. The number of aromatic nitrogens is 1. The number of aliphatic imine (C=N–C) groups is 1. The van der Waals surface area contributed by atoms with Crippen LogP contribution in [0.3, 0.4) is 0 Å². The van der Waals surface area contributed by atoms with Gasteiger partial charge < -0.3 is 16.5 Å². The summed E-state index contributed by atoms with van der Waals surface area (Å²) in [5.74, 6) is -0.278. The number of fused-ring (bicyclic) bond motifs is 1. The summed E-state index contributed by atoms with van der Waals surface area (Å²) in [6, 6.07) is 7.10. The lowest BCUT2D eigenvalue weighted by atomic mass is 10.2. The van der Waals surface area contributed by atoms with Crippen LogP contribution < -0.4 is 16.8 Å². The van der Waals surface area contributed by atoms with Crippen LogP contribution in [0.2, 0.25) is 5.02 Å². The second kappa shape index (κ2) is 9.53. The van der Waals surface area contributed by atoms with Crippen LogP contribution in [-0.2, 0) is 0 Å². The van der Waals surface area contributed by atoms with Gasteiger partial charge in [0.1, 0.15) is 5.69 Å². The first-order valence-electron chi connectivity index (χ1n) is 6.20. The highest BCUT2D eigenvalue weighted by Gasteiger charge is 2.11. The van der Waals surface area contributed by atoms with E-state index in [1.165, 1.54) is 0 Å². The van der Waals surface area contributed by atoms with Gasteiger partial charge in [-0.2, -0.15) is 0 Å². The van der Waals surface area contributed by atoms with Gasteiger partial charge >= 0.3 is 0 Å². The number of aromatic amines is 1. The van der Waals surface area contributed by atoms with Crippen LogP contribution in [0.25, 0.3) is 10.9 Å². The zero-order valence-electron chi connectivity index (χ0n) is 11.6. The maximum Gasteiger partial charge on any atom is 0.274 e. The predicted molar refractivity (Wildman–Crippen MR) is 95.4 cm³/mol. The molecular weight excluding hydrogens is 349 g/mol. The maximum atomic E-state index is 12.0. The molecule has 0 aliphatic rings. The lowest BCUT2D eigenvalue weighted by Gasteiger charge is -2.02. The number of hydrogen-bond acceptors (Lipinski definition) is 3. The maximum absolute atomic E-state index is 12.0. The summed E-state index contributed by atoms with van der Waals surface area (Å²) >= 11 is 6.05. The van der Waals surface area contributed by atoms with Crippen molar-refractivity contribution in [3.05, 3.63) is 35.0 Å². The van der Waals surface area contributed by atoms with Gasteiger partial charge in [-0.05, 0) is 31.2 Å². The molecule has 0 bridgehead atoms. The SMILES string of the molecule is Cl.Cl.NCCCN=C(N)NC(=O)c1cc2c(Cl)cccc2[nH]1. The zero-order chi connectivity index (χ0) is 14.5. The molecule has 0 aliphatic heterocycles. The average molecular weight is 367 g/mol. The minimum Gasteiger partial charge on any atom is -0.370 e. The summed E-state index contributed by atoms with van der Waals surface area (Å²) in [4.78, 5) is 19.0. The third-order valence-corrected chi connectivity index (χ3v) is 3.07. The molecule has 9 heteroatoms. The van der Waals surface area contributed by atoms with Crippen LogP contribution in [0.1, 0.15) is 16.9 Å². The Morgan fingerprint density at radius 3 is 2.73 bits per heavy atom. The minimum atomic E-state index is -0.355. The summed E-state index contributed by atoms with van der Waals surface area (Å²) in [6.45, 7) is 1.02. The average Bonchev–Trinajstić information content (AvgIpc) is 2.84. The molecule has 0 aliphatic carbocycles. The number of rotatable bonds is 4. The molecule has 0 atom stereocenters. The fourth-order valence-corrected chi connectivity index (χ4v) is 1.98. The number of guanidine groups is 1. The van der Waals surface area contributed by atoms with Crippen molar-refractivity contribution in [3.8, 4) is 0 Å². The molecule has 1 aromatic heterocycles. The van der Waals surface area contributed by atoms with Crippen LogP contribution in [0.5, 0.6) is 0 Å². The summed E-state index contributed by atoms with van der Waals surface area (Å²) in [7, 11) is 0. The second-order valence-electron chi connectivity index (χ2n) is 4.25. The van der Waals surface area contributed by atoms with Gasteiger partial charge in [0.25, 0.3) is 5.91 Å². The van der Waals surface area contributed by atoms with Gasteiger partial charge in [-0.1, -0.05) is 17.7 Å². The van der Waals surface area contributed by atoms with Crippen LogP contribution >= 0.6 is 36.4 Å². The van der Waals surface area contributed by atoms with Crippen molar-refractivity contribution >= 4 is 59.2 Å². The molecule has 0 saturated carbocycles. The first-order valence-corrected chi connectivity index (χ1v) is 6.58. The number of halogens is 3. The molecule has 0 radical (unpaired) electrons. The van der Waals surface area contributed by atoms with E-state index in [1.807, 2.05) is 12.1 Å². The Kier molecular flexibility index (Phi) is 8.89. The number of hydrogen-bond donors (Lipinski definition) is 4. The van der Waals surface area contributed by atoms with Crippen molar-refractivity contribution in [3.63, 3.8) is 0 Å². The van der Waals surface area contributed by atoms with E-state index in [2.05, 4.69) is 15.3 Å². The molecule has 1 aromatic carbocycles. The molecule has 1 amide bonds. The number of nitrogens with two attached hydrogens (primary N) is 2. The summed E-state index contributed by atoms with van der Waals surface area (Å²) in [5, 5.41) is 3.88. The van der Waals surface area contributed by atoms with E-state index in [1.54, 1.807) is 12.1 Å². The zero-order valence-corrected chi connectivity index (χ0v) is 14.0. The first kappa shape index (κ1) is 20.5. The number of benzene rings is 1. The van der Waals surface area contributed by atoms with E-state index in [0.717, 1.165) is 17.3 Å². The molecule has 122 valence electrons. The van der Waals surface area contributed by atoms with Crippen molar-refractivity contribution in [1.29, 1.82) is 0 Å². The van der Waals surface area contributed by atoms with Crippen LogP contribution in [0.15, 0.2) is 29.3 Å². The predicted octanol–water partition coefficient (Wildman–Crippen LogP) is 2.06. The molecule has 1 heterocycles. The number of carbonyl (C=O) groups is 1. The number of amides is 1. The minimum absolute atomic E-state index is 0. The highest BCUT2D eigenvalue weighted by atomic mass is 35.5. The third-order valence-electron chi connectivity index (χ3n) is 2.74. The summed E-state index contributed by atoms with van der Waals surface area (Å²) < 4.78 is 0. The summed E-state index contributed by atoms with van der Waals surface area (Å²) in [5.41, 5.74) is 12.1. The summed E-state index contributed by atoms with van der Waals surface area (Å²) in [6.07, 6.45) is 0.721. The lowest BCUT2D eigenvalue weighted by molar-refractivity contribution is 0.0972. The molecule has 6 N–H and O–H groups in total. The molecule has 0 fully saturated rings. The Morgan fingerprint density at radius 2 is 2.09 bits per heavy atom. The van der Waals surface area contributed by atoms with Gasteiger partial charge in [0.2, 0.25) is 0 Å². The Bertz CT molecular complexity index is 656. The van der Waals surface area contributed by atoms with Crippen molar-refractivity contribution in [2.45, 2.75) is 6.42 Å². The fourth-order valence-electron chi connectivity index (χ4n) is 1.75. The van der Waals surface area contributed by atoms with Crippen LogP contribution in [0.4, 0.5) is 0 Å². The molecular formula is C13H18Cl3N5O. The number of carbonyl (C=O) groups excluding carboxylic acids is 1. The smallest absolute Gasteiger partial charge is 0.274 e. The number of nitrogens with zero attached hydrogens (tertiary/aromatic N) is 1. The van der Waals surface area contributed by atoms with Crippen LogP contribution in [0, 0.1) is 0 Å². The monoisotopic (exact) mass is 365 g/mol. The van der Waals surface area contributed by atoms with E-state index in [0.29, 0.717) is 23.8 Å². The molecule has 0 saturated heterocycles. The Morgan fingerprint density at radius 1 is 1.36 bits per heavy atom. The first-order chi connectivity index (χ1) is 9.61. The quantitative estimate of drug-likeness (QED) is 0.378. The van der Waals surface area contributed by atoms with Gasteiger partial charge in [-0.3, -0.25) is 15.1 Å². The Balaban J connectivity index is 0.00000220. The van der Waals surface area contributed by atoms with E-state index in [-0.39, 0.29) is 36.7 Å². The normalized spacial score (nSPS) is 10.7. The van der Waals surface area contributed by atoms with Gasteiger partial charge in [0.05, 0.1) is 0 Å². The second-order valence-corrected chi connectivity index (χ2v) is 4.65. The standard InChI is InChI=1S/C13H16ClN5O.2ClH/c14-9-3-1-4-10-8(9)7-11(18-10)12(20)19-13(16)17-6-2-5-15;;/h1,3-4,7,18H,2,5-6,15H2,(H3,16,17,19,20);2*1H. The molecule has 22 heavy (non-hydrogen) atoms. The largest absolute Gasteiger partial charge is 0.370 e. The van der Waals surface area contributed by atoms with E-state index in [4.69, 9.17) is 23.1 Å². The van der Waals surface area contributed by atoms with Crippen molar-refractivity contribution in [2.75, 3.05) is 13.1 Å². The fraction of sp³-hybridized carbons (Fsp3) is 0.231. The lowest BCUT2D eigenvalue weighted by Crippen LogP contribution is -2.37. The van der Waals surface area contributed by atoms with Crippen molar-refractivity contribution < 1.29 is 4.79 Å². The third kappa shape index (κ3) is 5.06. The van der Waals surface area contributed by atoms with Crippen molar-refractivity contribution in [2.24, 2.45) is 16.5 Å². The molecule has 2 rings (SSSR count). The Hall–Kier alpha value is -1.47.